The third-order valence-electron chi connectivity index (χ3n) is 5.09. The van der Waals surface area contributed by atoms with Crippen molar-refractivity contribution in [2.24, 2.45) is 5.73 Å². The maximum Gasteiger partial charge on any atom is 0.319 e. The Balaban J connectivity index is 1.67. The van der Waals surface area contributed by atoms with Crippen LogP contribution in [-0.2, 0) is 13.0 Å². The van der Waals surface area contributed by atoms with Gasteiger partial charge in [-0.2, -0.15) is 0 Å². The summed E-state index contributed by atoms with van der Waals surface area (Å²) in [6.45, 7) is 3.39. The highest BCUT2D eigenvalue weighted by Gasteiger charge is 2.15. The Kier molecular flexibility index (Phi) is 8.35. The Labute approximate surface area is 188 Å². The molecule has 1 atom stereocenters. The second-order valence-corrected chi connectivity index (χ2v) is 7.94. The zero-order valence-electron chi connectivity index (χ0n) is 17.8. The fraction of sp³-hybridized carbons (Fsp3) is 0.333. The summed E-state index contributed by atoms with van der Waals surface area (Å²) in [6, 6.07) is 15.0. The van der Waals surface area contributed by atoms with Crippen molar-refractivity contribution in [2.75, 3.05) is 11.4 Å². The molecule has 6 nitrogen and oxygen atoms in total. The lowest BCUT2D eigenvalue weighted by Crippen LogP contribution is -2.36. The number of carbonyl (C=O) groups is 1. The molecule has 1 unspecified atom stereocenters. The van der Waals surface area contributed by atoms with Crippen molar-refractivity contribution in [3.63, 3.8) is 0 Å². The van der Waals surface area contributed by atoms with Crippen LogP contribution in [0.5, 0.6) is 5.75 Å². The number of hydrogen-bond acceptors (Lipinski definition) is 3. The molecular formula is C24H29ClN4O2. The van der Waals surface area contributed by atoms with E-state index in [0.717, 1.165) is 42.1 Å². The zero-order valence-corrected chi connectivity index (χ0v) is 18.5. The molecule has 0 fully saturated rings. The predicted molar refractivity (Wildman–Crippen MR) is 125 cm³/mol. The Morgan fingerprint density at radius 1 is 1.19 bits per heavy atom. The van der Waals surface area contributed by atoms with E-state index in [4.69, 9.17) is 22.1 Å². The van der Waals surface area contributed by atoms with Crippen LogP contribution in [-0.4, -0.2) is 28.2 Å². The maximum absolute atomic E-state index is 11.8. The number of halogens is 1. The molecule has 0 bridgehead atoms. The number of nitrogens with zero attached hydrogens (tertiary/aromatic N) is 3. The monoisotopic (exact) mass is 440 g/mol. The van der Waals surface area contributed by atoms with Gasteiger partial charge in [0.05, 0.1) is 12.9 Å². The van der Waals surface area contributed by atoms with Gasteiger partial charge in [-0.1, -0.05) is 37.1 Å². The van der Waals surface area contributed by atoms with Crippen molar-refractivity contribution in [1.29, 1.82) is 0 Å². The van der Waals surface area contributed by atoms with Gasteiger partial charge in [-0.25, -0.2) is 9.78 Å². The summed E-state index contributed by atoms with van der Waals surface area (Å²) >= 11 is 5.99. The van der Waals surface area contributed by atoms with E-state index in [0.29, 0.717) is 13.1 Å². The molecule has 1 heterocycles. The normalized spacial score (nSPS) is 11.8. The SMILES string of the molecule is CCCCN(C(N)=O)c1ccc(OC(CCc2ccc(Cl)cc2)Cn2ccnc2)cc1. The average molecular weight is 441 g/mol. The Hall–Kier alpha value is -2.99. The first-order valence-corrected chi connectivity index (χ1v) is 11.0. The summed E-state index contributed by atoms with van der Waals surface area (Å²) in [7, 11) is 0. The Bertz CT molecular complexity index is 927. The van der Waals surface area contributed by atoms with Crippen LogP contribution in [0.3, 0.4) is 0 Å². The van der Waals surface area contributed by atoms with Gasteiger partial charge in [0.2, 0.25) is 0 Å². The quantitative estimate of drug-likeness (QED) is 0.439. The average Bonchev–Trinajstić information content (AvgIpc) is 3.27. The molecule has 7 heteroatoms. The molecule has 0 saturated heterocycles. The molecule has 1 aromatic heterocycles. The van der Waals surface area contributed by atoms with Gasteiger partial charge in [-0.3, -0.25) is 4.90 Å². The van der Waals surface area contributed by atoms with Crippen LogP contribution in [0, 0.1) is 0 Å². The lowest BCUT2D eigenvalue weighted by molar-refractivity contribution is 0.170. The molecule has 0 saturated carbocycles. The molecule has 0 spiro atoms. The van der Waals surface area contributed by atoms with Crippen molar-refractivity contribution < 1.29 is 9.53 Å². The topological polar surface area (TPSA) is 73.4 Å². The fourth-order valence-corrected chi connectivity index (χ4v) is 3.50. The standard InChI is InChI=1S/C24H29ClN4O2/c1-2-3-15-29(24(26)30)21-9-12-22(13-10-21)31-23(17-28-16-14-27-18-28)11-6-19-4-7-20(25)8-5-19/h4-5,7-10,12-14,16,18,23H,2-3,6,11,15,17H2,1H3,(H2,26,30). The van der Waals surface area contributed by atoms with Crippen LogP contribution in [0.4, 0.5) is 10.5 Å². The number of urea groups is 1. The number of rotatable bonds is 11. The number of aryl methyl sites for hydroxylation is 1. The lowest BCUT2D eigenvalue weighted by atomic mass is 10.1. The van der Waals surface area contributed by atoms with Crippen LogP contribution < -0.4 is 15.4 Å². The van der Waals surface area contributed by atoms with Gasteiger partial charge in [0.1, 0.15) is 11.9 Å². The van der Waals surface area contributed by atoms with Crippen LogP contribution in [0.25, 0.3) is 0 Å². The highest BCUT2D eigenvalue weighted by Crippen LogP contribution is 2.22. The first kappa shape index (κ1) is 22.7. The van der Waals surface area contributed by atoms with Gasteiger partial charge in [-0.05, 0) is 61.2 Å². The van der Waals surface area contributed by atoms with Gasteiger partial charge >= 0.3 is 6.03 Å². The Morgan fingerprint density at radius 3 is 2.55 bits per heavy atom. The van der Waals surface area contributed by atoms with Gasteiger partial charge in [-0.15, -0.1) is 0 Å². The summed E-state index contributed by atoms with van der Waals surface area (Å²) in [5, 5.41) is 0.735. The number of unbranched alkanes of at least 4 members (excludes halogenated alkanes) is 1. The van der Waals surface area contributed by atoms with E-state index in [-0.39, 0.29) is 6.10 Å². The molecule has 164 valence electrons. The molecule has 0 radical (unpaired) electrons. The van der Waals surface area contributed by atoms with Crippen LogP contribution >= 0.6 is 11.6 Å². The number of imidazole rings is 1. The molecule has 2 amide bonds. The number of carbonyl (C=O) groups excluding carboxylic acids is 1. The molecule has 2 N–H and O–H groups in total. The smallest absolute Gasteiger partial charge is 0.319 e. The summed E-state index contributed by atoms with van der Waals surface area (Å²) in [5.41, 5.74) is 7.54. The molecule has 3 aromatic rings. The largest absolute Gasteiger partial charge is 0.489 e. The Morgan fingerprint density at radius 2 is 1.94 bits per heavy atom. The minimum absolute atomic E-state index is 0.0388. The summed E-state index contributed by atoms with van der Waals surface area (Å²) in [5.74, 6) is 0.755. The number of benzene rings is 2. The number of aromatic nitrogens is 2. The number of nitrogens with two attached hydrogens (primary N) is 1. The minimum atomic E-state index is -0.442. The van der Waals surface area contributed by atoms with Crippen LogP contribution in [0.1, 0.15) is 31.7 Å². The minimum Gasteiger partial charge on any atom is -0.489 e. The fourth-order valence-electron chi connectivity index (χ4n) is 3.38. The summed E-state index contributed by atoms with van der Waals surface area (Å²) in [6.07, 6.45) is 9.06. The highest BCUT2D eigenvalue weighted by atomic mass is 35.5. The second-order valence-electron chi connectivity index (χ2n) is 7.50. The van der Waals surface area contributed by atoms with Crippen molar-refractivity contribution >= 4 is 23.3 Å². The van der Waals surface area contributed by atoms with E-state index in [1.807, 2.05) is 59.3 Å². The van der Waals surface area contributed by atoms with Gasteiger partial charge in [0.25, 0.3) is 0 Å². The molecule has 2 aromatic carbocycles. The molecular weight excluding hydrogens is 412 g/mol. The van der Waals surface area contributed by atoms with E-state index in [1.165, 1.54) is 5.56 Å². The number of hydrogen-bond donors (Lipinski definition) is 1. The number of ether oxygens (including phenoxy) is 1. The van der Waals surface area contributed by atoms with E-state index in [9.17, 15) is 4.79 Å². The van der Waals surface area contributed by atoms with Gasteiger partial charge < -0.3 is 15.0 Å². The van der Waals surface area contributed by atoms with Crippen molar-refractivity contribution in [2.45, 2.75) is 45.3 Å². The maximum atomic E-state index is 11.8. The van der Waals surface area contributed by atoms with Gasteiger partial charge in [0, 0.05) is 29.6 Å². The van der Waals surface area contributed by atoms with Gasteiger partial charge in [0.15, 0.2) is 0 Å². The second kappa shape index (κ2) is 11.4. The van der Waals surface area contributed by atoms with Crippen LogP contribution in [0.15, 0.2) is 67.3 Å². The lowest BCUT2D eigenvalue weighted by Gasteiger charge is -2.22. The van der Waals surface area contributed by atoms with E-state index in [2.05, 4.69) is 11.9 Å². The third-order valence-corrected chi connectivity index (χ3v) is 5.35. The molecule has 0 aliphatic carbocycles. The van der Waals surface area contributed by atoms with E-state index >= 15 is 0 Å². The first-order valence-electron chi connectivity index (χ1n) is 10.6. The van der Waals surface area contributed by atoms with Crippen molar-refractivity contribution in [1.82, 2.24) is 9.55 Å². The molecule has 31 heavy (non-hydrogen) atoms. The molecule has 0 aliphatic rings. The molecule has 3 rings (SSSR count). The van der Waals surface area contributed by atoms with Crippen LogP contribution in [0.2, 0.25) is 5.02 Å². The molecule has 0 aliphatic heterocycles. The number of anilines is 1. The predicted octanol–water partition coefficient (Wildman–Crippen LogP) is 5.30. The summed E-state index contributed by atoms with van der Waals surface area (Å²) in [4.78, 5) is 17.5. The number of amides is 2. The van der Waals surface area contributed by atoms with Crippen molar-refractivity contribution in [3.05, 3.63) is 77.8 Å². The van der Waals surface area contributed by atoms with E-state index < -0.39 is 6.03 Å². The summed E-state index contributed by atoms with van der Waals surface area (Å²) < 4.78 is 8.31. The third kappa shape index (κ3) is 7.03. The van der Waals surface area contributed by atoms with E-state index in [1.54, 1.807) is 17.4 Å². The first-order chi connectivity index (χ1) is 15.0. The van der Waals surface area contributed by atoms with Crippen molar-refractivity contribution in [3.8, 4) is 5.75 Å². The number of primary amides is 1. The highest BCUT2D eigenvalue weighted by molar-refractivity contribution is 6.30. The zero-order chi connectivity index (χ0) is 22.1.